The number of likely N-dealkylation sites (N-methyl/N-ethyl adjacent to an activating group) is 1. The van der Waals surface area contributed by atoms with E-state index in [1.165, 1.54) is 18.9 Å². The average molecular weight is 257 g/mol. The predicted molar refractivity (Wildman–Crippen MR) is 68.4 cm³/mol. The Labute approximate surface area is 107 Å². The lowest BCUT2D eigenvalue weighted by Crippen LogP contribution is -2.39. The fraction of sp³-hybridized carbons (Fsp3) is 0.538. The van der Waals surface area contributed by atoms with Gasteiger partial charge in [-0.1, -0.05) is 17.7 Å². The van der Waals surface area contributed by atoms with Crippen molar-refractivity contribution in [1.82, 2.24) is 4.90 Å². The van der Waals surface area contributed by atoms with E-state index in [0.29, 0.717) is 19.1 Å². The molecule has 0 heterocycles. The number of nitrogens with two attached hydrogens (primary N) is 1. The molecule has 4 heteroatoms. The van der Waals surface area contributed by atoms with Gasteiger partial charge in [-0.05, 0) is 43.5 Å². The number of nitrogens with zero attached hydrogens (tertiary/aromatic N) is 1. The maximum absolute atomic E-state index is 13.3. The summed E-state index contributed by atoms with van der Waals surface area (Å²) in [4.78, 5) is 2.21. The van der Waals surface area contributed by atoms with Crippen molar-refractivity contribution in [3.05, 3.63) is 34.6 Å². The number of halogens is 2. The molecule has 1 aliphatic rings. The molecule has 1 unspecified atom stereocenters. The third-order valence-corrected chi connectivity index (χ3v) is 3.70. The minimum atomic E-state index is -0.353. The van der Waals surface area contributed by atoms with Crippen molar-refractivity contribution in [2.24, 2.45) is 11.7 Å². The van der Waals surface area contributed by atoms with Gasteiger partial charge in [0, 0.05) is 19.1 Å². The Hall–Kier alpha value is -0.640. The fourth-order valence-corrected chi connectivity index (χ4v) is 2.37. The highest BCUT2D eigenvalue weighted by atomic mass is 35.5. The summed E-state index contributed by atoms with van der Waals surface area (Å²) in [6.07, 6.45) is 2.53. The van der Waals surface area contributed by atoms with Crippen LogP contribution in [0.4, 0.5) is 4.39 Å². The molecule has 0 bridgehead atoms. The van der Waals surface area contributed by atoms with Gasteiger partial charge in [0.1, 0.15) is 5.82 Å². The topological polar surface area (TPSA) is 29.3 Å². The van der Waals surface area contributed by atoms with Crippen molar-refractivity contribution in [2.45, 2.75) is 25.4 Å². The van der Waals surface area contributed by atoms with Gasteiger partial charge in [-0.25, -0.2) is 4.39 Å². The van der Waals surface area contributed by atoms with Crippen molar-refractivity contribution >= 4 is 11.6 Å². The second kappa shape index (κ2) is 5.34. The van der Waals surface area contributed by atoms with E-state index in [1.54, 1.807) is 6.07 Å². The van der Waals surface area contributed by atoms with Gasteiger partial charge in [0.05, 0.1) is 5.02 Å². The number of rotatable bonds is 5. The summed E-state index contributed by atoms with van der Waals surface area (Å²) in [5, 5.41) is 0.175. The predicted octanol–water partition coefficient (Wildman–Crippen LogP) is 2.65. The van der Waals surface area contributed by atoms with E-state index in [4.69, 9.17) is 17.3 Å². The van der Waals surface area contributed by atoms with Gasteiger partial charge >= 0.3 is 0 Å². The summed E-state index contributed by atoms with van der Waals surface area (Å²) in [7, 11) is 2.04. The Kier molecular flexibility index (Phi) is 4.02. The van der Waals surface area contributed by atoms with E-state index >= 15 is 0 Å². The van der Waals surface area contributed by atoms with Crippen LogP contribution in [0.25, 0.3) is 0 Å². The highest BCUT2D eigenvalue weighted by molar-refractivity contribution is 6.30. The SMILES string of the molecule is CN(Cc1ccc(Cl)c(F)c1)C(CN)C1CC1. The molecule has 2 N–H and O–H groups in total. The first-order valence-electron chi connectivity index (χ1n) is 5.96. The van der Waals surface area contributed by atoms with Gasteiger partial charge in [0.15, 0.2) is 0 Å². The minimum absolute atomic E-state index is 0.175. The van der Waals surface area contributed by atoms with E-state index < -0.39 is 0 Å². The fourth-order valence-electron chi connectivity index (χ4n) is 2.26. The first kappa shape index (κ1) is 12.8. The minimum Gasteiger partial charge on any atom is -0.329 e. The number of hydrogen-bond acceptors (Lipinski definition) is 2. The molecule has 2 rings (SSSR count). The van der Waals surface area contributed by atoms with Gasteiger partial charge in [-0.3, -0.25) is 4.90 Å². The molecule has 1 fully saturated rings. The molecule has 2 nitrogen and oxygen atoms in total. The van der Waals surface area contributed by atoms with Crippen LogP contribution in [0, 0.1) is 11.7 Å². The van der Waals surface area contributed by atoms with E-state index in [2.05, 4.69) is 4.90 Å². The second-order valence-electron chi connectivity index (χ2n) is 4.80. The standard InChI is InChI=1S/C13H18ClFN2/c1-17(13(7-16)10-3-4-10)8-9-2-5-11(14)12(15)6-9/h2,5-6,10,13H,3-4,7-8,16H2,1H3. The molecule has 0 amide bonds. The maximum Gasteiger partial charge on any atom is 0.142 e. The highest BCUT2D eigenvalue weighted by Crippen LogP contribution is 2.35. The molecule has 0 saturated heterocycles. The Balaban J connectivity index is 2.01. The van der Waals surface area contributed by atoms with Crippen LogP contribution < -0.4 is 5.73 Å². The summed E-state index contributed by atoms with van der Waals surface area (Å²) in [6, 6.07) is 5.38. The summed E-state index contributed by atoms with van der Waals surface area (Å²) in [6.45, 7) is 1.38. The van der Waals surface area contributed by atoms with Gasteiger partial charge < -0.3 is 5.73 Å². The molecule has 1 aromatic carbocycles. The summed E-state index contributed by atoms with van der Waals surface area (Å²) < 4.78 is 13.3. The molecule has 0 radical (unpaired) electrons. The average Bonchev–Trinajstić information content (AvgIpc) is 3.09. The zero-order chi connectivity index (χ0) is 12.4. The summed E-state index contributed by atoms with van der Waals surface area (Å²) in [5.74, 6) is 0.371. The van der Waals surface area contributed by atoms with E-state index in [9.17, 15) is 4.39 Å². The van der Waals surface area contributed by atoms with Gasteiger partial charge in [-0.15, -0.1) is 0 Å². The van der Waals surface area contributed by atoms with Crippen LogP contribution in [0.3, 0.4) is 0 Å². The van der Waals surface area contributed by atoms with Crippen LogP contribution in [-0.4, -0.2) is 24.5 Å². The second-order valence-corrected chi connectivity index (χ2v) is 5.21. The quantitative estimate of drug-likeness (QED) is 0.878. The van der Waals surface area contributed by atoms with Crippen molar-refractivity contribution in [3.63, 3.8) is 0 Å². The maximum atomic E-state index is 13.3. The lowest BCUT2D eigenvalue weighted by atomic mass is 10.1. The lowest BCUT2D eigenvalue weighted by molar-refractivity contribution is 0.215. The zero-order valence-corrected chi connectivity index (χ0v) is 10.8. The molecule has 0 spiro atoms. The number of benzene rings is 1. The molecule has 1 saturated carbocycles. The first-order valence-corrected chi connectivity index (χ1v) is 6.34. The molecule has 1 aromatic rings. The Morgan fingerprint density at radius 1 is 1.53 bits per heavy atom. The molecular weight excluding hydrogens is 239 g/mol. The Morgan fingerprint density at radius 3 is 2.76 bits per heavy atom. The third kappa shape index (κ3) is 3.18. The normalized spacial score (nSPS) is 17.5. The van der Waals surface area contributed by atoms with Crippen molar-refractivity contribution in [2.75, 3.05) is 13.6 Å². The van der Waals surface area contributed by atoms with Crippen LogP contribution in [0.5, 0.6) is 0 Å². The molecule has 0 aromatic heterocycles. The van der Waals surface area contributed by atoms with Gasteiger partial charge in [0.2, 0.25) is 0 Å². The smallest absolute Gasteiger partial charge is 0.142 e. The summed E-state index contributed by atoms with van der Waals surface area (Å²) >= 11 is 5.66. The largest absolute Gasteiger partial charge is 0.329 e. The lowest BCUT2D eigenvalue weighted by Gasteiger charge is -2.27. The third-order valence-electron chi connectivity index (χ3n) is 3.39. The molecule has 17 heavy (non-hydrogen) atoms. The van der Waals surface area contributed by atoms with E-state index in [0.717, 1.165) is 11.5 Å². The number of hydrogen-bond donors (Lipinski definition) is 1. The zero-order valence-electron chi connectivity index (χ0n) is 10.00. The Morgan fingerprint density at radius 2 is 2.24 bits per heavy atom. The molecule has 1 aliphatic carbocycles. The van der Waals surface area contributed by atoms with Crippen LogP contribution in [-0.2, 0) is 6.54 Å². The monoisotopic (exact) mass is 256 g/mol. The molecule has 94 valence electrons. The summed E-state index contributed by atoms with van der Waals surface area (Å²) in [5.41, 5.74) is 6.72. The van der Waals surface area contributed by atoms with Crippen LogP contribution in [0.15, 0.2) is 18.2 Å². The molecule has 1 atom stereocenters. The van der Waals surface area contributed by atoms with E-state index in [1.807, 2.05) is 13.1 Å². The van der Waals surface area contributed by atoms with Crippen molar-refractivity contribution in [3.8, 4) is 0 Å². The highest BCUT2D eigenvalue weighted by Gasteiger charge is 2.32. The Bertz CT molecular complexity index is 393. The van der Waals surface area contributed by atoms with Gasteiger partial charge in [-0.2, -0.15) is 0 Å². The van der Waals surface area contributed by atoms with E-state index in [-0.39, 0.29) is 10.8 Å². The van der Waals surface area contributed by atoms with Crippen molar-refractivity contribution in [1.29, 1.82) is 0 Å². The van der Waals surface area contributed by atoms with Crippen LogP contribution >= 0.6 is 11.6 Å². The van der Waals surface area contributed by atoms with Crippen LogP contribution in [0.2, 0.25) is 5.02 Å². The first-order chi connectivity index (χ1) is 8.11. The molecular formula is C13H18ClFN2. The van der Waals surface area contributed by atoms with Crippen molar-refractivity contribution < 1.29 is 4.39 Å². The van der Waals surface area contributed by atoms with Gasteiger partial charge in [0.25, 0.3) is 0 Å². The van der Waals surface area contributed by atoms with Crippen LogP contribution in [0.1, 0.15) is 18.4 Å². The molecule has 0 aliphatic heterocycles.